The minimum absolute atomic E-state index is 0.0234. The zero-order valence-electron chi connectivity index (χ0n) is 26.2. The summed E-state index contributed by atoms with van der Waals surface area (Å²) in [5.41, 5.74) is 19.9. The SMILES string of the molecule is CC1(C)c2ccccc2-c2cc3c(cc21)C(c1ccc(-c2cc(-c4ccccc4)cc(-c4ccccc4)c2)cc1)c1ccccc1-3. The zero-order chi connectivity index (χ0) is 30.8. The Morgan fingerprint density at radius 2 is 0.870 bits per heavy atom. The van der Waals surface area contributed by atoms with Crippen LogP contribution in [0.4, 0.5) is 0 Å². The molecule has 0 heterocycles. The minimum atomic E-state index is -0.0234. The van der Waals surface area contributed by atoms with E-state index in [1.165, 1.54) is 83.5 Å². The second-order valence-corrected chi connectivity index (χ2v) is 13.3. The van der Waals surface area contributed by atoms with Gasteiger partial charge in [-0.1, -0.05) is 153 Å². The van der Waals surface area contributed by atoms with Gasteiger partial charge in [-0.15, -0.1) is 0 Å². The molecule has 0 nitrogen and oxygen atoms in total. The van der Waals surface area contributed by atoms with Gasteiger partial charge in [-0.05, 0) is 108 Å². The normalized spacial score (nSPS) is 15.1. The summed E-state index contributed by atoms with van der Waals surface area (Å²) >= 11 is 0. The van der Waals surface area contributed by atoms with Crippen molar-refractivity contribution < 1.29 is 0 Å². The van der Waals surface area contributed by atoms with Crippen LogP contribution in [0.15, 0.2) is 164 Å². The first-order valence-electron chi connectivity index (χ1n) is 16.3. The van der Waals surface area contributed by atoms with Gasteiger partial charge in [0.1, 0.15) is 0 Å². The third-order valence-electron chi connectivity index (χ3n) is 10.4. The van der Waals surface area contributed by atoms with Gasteiger partial charge >= 0.3 is 0 Å². The predicted molar refractivity (Wildman–Crippen MR) is 193 cm³/mol. The molecule has 0 bridgehead atoms. The van der Waals surface area contributed by atoms with Crippen molar-refractivity contribution in [2.24, 2.45) is 0 Å². The third kappa shape index (κ3) is 4.14. The van der Waals surface area contributed by atoms with Crippen molar-refractivity contribution in [2.45, 2.75) is 25.2 Å². The van der Waals surface area contributed by atoms with E-state index >= 15 is 0 Å². The maximum Gasteiger partial charge on any atom is 0.0352 e. The average Bonchev–Trinajstić information content (AvgIpc) is 3.56. The van der Waals surface area contributed by atoms with Crippen molar-refractivity contribution in [2.75, 3.05) is 0 Å². The van der Waals surface area contributed by atoms with Gasteiger partial charge in [0.2, 0.25) is 0 Å². The van der Waals surface area contributed by atoms with Gasteiger partial charge in [0, 0.05) is 11.3 Å². The van der Waals surface area contributed by atoms with Crippen molar-refractivity contribution in [1.29, 1.82) is 0 Å². The monoisotopic (exact) mass is 586 g/mol. The van der Waals surface area contributed by atoms with Gasteiger partial charge in [-0.2, -0.15) is 0 Å². The highest BCUT2D eigenvalue weighted by Gasteiger charge is 2.39. The Morgan fingerprint density at radius 3 is 1.50 bits per heavy atom. The molecule has 0 fully saturated rings. The quantitative estimate of drug-likeness (QED) is 0.192. The molecule has 0 saturated heterocycles. The van der Waals surface area contributed by atoms with Crippen molar-refractivity contribution in [3.05, 3.63) is 192 Å². The lowest BCUT2D eigenvalue weighted by molar-refractivity contribution is 0.659. The molecule has 0 N–H and O–H groups in total. The first-order chi connectivity index (χ1) is 22.6. The number of benzene rings is 7. The number of fused-ring (bicyclic) bond motifs is 6. The molecule has 2 aliphatic carbocycles. The summed E-state index contributed by atoms with van der Waals surface area (Å²) in [4.78, 5) is 0. The summed E-state index contributed by atoms with van der Waals surface area (Å²) in [6.45, 7) is 4.76. The molecule has 0 radical (unpaired) electrons. The molecular weight excluding hydrogens is 553 g/mol. The van der Waals surface area contributed by atoms with E-state index in [-0.39, 0.29) is 11.3 Å². The summed E-state index contributed by atoms with van der Waals surface area (Å²) < 4.78 is 0. The summed E-state index contributed by atoms with van der Waals surface area (Å²) in [5, 5.41) is 0. The third-order valence-corrected chi connectivity index (χ3v) is 10.4. The Hall–Kier alpha value is -5.46. The smallest absolute Gasteiger partial charge is 0.0352 e. The fourth-order valence-electron chi connectivity index (χ4n) is 8.01. The zero-order valence-corrected chi connectivity index (χ0v) is 26.2. The lowest BCUT2D eigenvalue weighted by atomic mass is 9.80. The molecule has 2 aliphatic rings. The predicted octanol–water partition coefficient (Wildman–Crippen LogP) is 12.2. The van der Waals surface area contributed by atoms with Crippen LogP contribution in [0.25, 0.3) is 55.6 Å². The van der Waals surface area contributed by atoms with E-state index in [1.54, 1.807) is 0 Å². The van der Waals surface area contributed by atoms with Gasteiger partial charge in [-0.25, -0.2) is 0 Å². The first-order valence-corrected chi connectivity index (χ1v) is 16.3. The second kappa shape index (κ2) is 10.3. The lowest BCUT2D eigenvalue weighted by Gasteiger charge is -2.23. The first kappa shape index (κ1) is 26.9. The molecule has 1 atom stereocenters. The van der Waals surface area contributed by atoms with E-state index in [4.69, 9.17) is 0 Å². The average molecular weight is 587 g/mol. The van der Waals surface area contributed by atoms with Crippen LogP contribution < -0.4 is 0 Å². The molecule has 7 aromatic carbocycles. The Labute approximate surface area is 271 Å². The molecule has 0 aromatic heterocycles. The van der Waals surface area contributed by atoms with Crippen molar-refractivity contribution in [3.8, 4) is 55.6 Å². The molecule has 1 unspecified atom stereocenters. The van der Waals surface area contributed by atoms with Crippen molar-refractivity contribution in [1.82, 2.24) is 0 Å². The fraction of sp³-hybridized carbons (Fsp3) is 0.0870. The van der Waals surface area contributed by atoms with E-state index in [2.05, 4.69) is 178 Å². The Bertz CT molecular complexity index is 2200. The highest BCUT2D eigenvalue weighted by Crippen LogP contribution is 2.55. The van der Waals surface area contributed by atoms with Crippen LogP contribution in [0.5, 0.6) is 0 Å². The van der Waals surface area contributed by atoms with Crippen LogP contribution >= 0.6 is 0 Å². The highest BCUT2D eigenvalue weighted by atomic mass is 14.4. The van der Waals surface area contributed by atoms with Gasteiger partial charge < -0.3 is 0 Å². The van der Waals surface area contributed by atoms with E-state index in [1.807, 2.05) is 0 Å². The van der Waals surface area contributed by atoms with Crippen LogP contribution in [0.1, 0.15) is 47.6 Å². The summed E-state index contributed by atoms with van der Waals surface area (Å²) in [5.74, 6) is 0.209. The number of hydrogen-bond donors (Lipinski definition) is 0. The van der Waals surface area contributed by atoms with Crippen LogP contribution in [-0.2, 0) is 5.41 Å². The fourth-order valence-corrected chi connectivity index (χ4v) is 8.01. The summed E-state index contributed by atoms with van der Waals surface area (Å²) in [6, 6.07) is 60.7. The second-order valence-electron chi connectivity index (χ2n) is 13.3. The van der Waals surface area contributed by atoms with Gasteiger partial charge in [0.25, 0.3) is 0 Å². The molecular formula is C46H34. The van der Waals surface area contributed by atoms with Crippen LogP contribution in [0.2, 0.25) is 0 Å². The topological polar surface area (TPSA) is 0 Å². The molecule has 0 aliphatic heterocycles. The molecule has 7 aromatic rings. The Kier molecular flexibility index (Phi) is 6.02. The Morgan fingerprint density at radius 1 is 0.348 bits per heavy atom. The largest absolute Gasteiger partial charge is 0.0622 e. The van der Waals surface area contributed by atoms with Crippen LogP contribution in [0.3, 0.4) is 0 Å². The van der Waals surface area contributed by atoms with Crippen molar-refractivity contribution in [3.63, 3.8) is 0 Å². The van der Waals surface area contributed by atoms with E-state index in [0.717, 1.165) is 0 Å². The van der Waals surface area contributed by atoms with Crippen LogP contribution in [0, 0.1) is 0 Å². The molecule has 0 amide bonds. The minimum Gasteiger partial charge on any atom is -0.0622 e. The van der Waals surface area contributed by atoms with Crippen molar-refractivity contribution >= 4 is 0 Å². The molecule has 0 saturated carbocycles. The molecule has 9 rings (SSSR count). The van der Waals surface area contributed by atoms with E-state index < -0.39 is 0 Å². The van der Waals surface area contributed by atoms with Gasteiger partial charge in [-0.3, -0.25) is 0 Å². The number of rotatable bonds is 4. The molecule has 0 spiro atoms. The van der Waals surface area contributed by atoms with Gasteiger partial charge in [0.15, 0.2) is 0 Å². The summed E-state index contributed by atoms with van der Waals surface area (Å²) in [7, 11) is 0. The molecule has 218 valence electrons. The Balaban J connectivity index is 1.16. The summed E-state index contributed by atoms with van der Waals surface area (Å²) in [6.07, 6.45) is 0. The maximum absolute atomic E-state index is 2.53. The standard InChI is InChI=1S/C46H34/c1-46(2)43-20-12-11-18-38(43)41-28-40-37-17-9-10-19-39(37)45(42(40)29-44(41)46)33-23-21-32(22-24-33)36-26-34(30-13-5-3-6-14-30)25-35(27-36)31-15-7-4-8-16-31/h3-29,45H,1-2H3. The van der Waals surface area contributed by atoms with Crippen LogP contribution in [-0.4, -0.2) is 0 Å². The van der Waals surface area contributed by atoms with E-state index in [0.29, 0.717) is 0 Å². The molecule has 0 heteroatoms. The van der Waals surface area contributed by atoms with Gasteiger partial charge in [0.05, 0.1) is 0 Å². The van der Waals surface area contributed by atoms with E-state index in [9.17, 15) is 0 Å². The lowest BCUT2D eigenvalue weighted by Crippen LogP contribution is -2.15. The molecule has 46 heavy (non-hydrogen) atoms. The number of hydrogen-bond acceptors (Lipinski definition) is 0. The highest BCUT2D eigenvalue weighted by molar-refractivity contribution is 5.90. The maximum atomic E-state index is 2.53.